The van der Waals surface area contributed by atoms with Crippen LogP contribution in [0.4, 0.5) is 0 Å². The lowest BCUT2D eigenvalue weighted by Crippen LogP contribution is -2.73. The van der Waals surface area contributed by atoms with E-state index in [1.165, 1.54) is 77.6 Å². The summed E-state index contributed by atoms with van der Waals surface area (Å²) in [7, 11) is -4.42. The average Bonchev–Trinajstić information content (AvgIpc) is 2.61. The third kappa shape index (κ3) is 17.6. The molecule has 0 aromatic heterocycles. The van der Waals surface area contributed by atoms with E-state index in [2.05, 4.69) is 44.5 Å². The molecule has 0 heterocycles. The van der Waals surface area contributed by atoms with Crippen molar-refractivity contribution in [3.05, 3.63) is 0 Å². The van der Waals surface area contributed by atoms with Crippen molar-refractivity contribution in [2.75, 3.05) is 6.61 Å². The smallest absolute Gasteiger partial charge is 0.217 e. The van der Waals surface area contributed by atoms with Crippen molar-refractivity contribution in [2.24, 2.45) is 11.8 Å². The maximum Gasteiger partial charge on any atom is 0.217 e. The van der Waals surface area contributed by atoms with E-state index in [-0.39, 0.29) is 6.61 Å². The Morgan fingerprint density at radius 3 is 1.48 bits per heavy atom. The predicted molar refractivity (Wildman–Crippen MR) is 113 cm³/mol. The molecule has 0 aliphatic heterocycles. The summed E-state index contributed by atoms with van der Waals surface area (Å²) in [5.41, 5.74) is 5.02. The molecule has 0 fully saturated rings. The standard InChI is InChI=1S/C19H41N.C2H6O4S/c1-6-11-13-17(8-3)15-19(20,10-5)16-18(9-4)14-12-7-2;1-2-6-7(3,4)5/h17-18H,6-16,20H2,1-5H3;2H2,1H3,(H,3,4,5). The second-order valence-electron chi connectivity index (χ2n) is 7.91. The summed E-state index contributed by atoms with van der Waals surface area (Å²) in [6, 6.07) is 0. The zero-order chi connectivity index (χ0) is 21.3. The maximum absolute atomic E-state index is 9.45. The molecular weight excluding hydrogens is 362 g/mol. The molecular formula is C21H47NO4S. The molecule has 0 aliphatic rings. The van der Waals surface area contributed by atoms with Gasteiger partial charge < -0.3 is 10.3 Å². The zero-order valence-electron chi connectivity index (χ0n) is 18.9. The van der Waals surface area contributed by atoms with Gasteiger partial charge in [0.05, 0.1) is 12.1 Å². The molecule has 27 heavy (non-hydrogen) atoms. The van der Waals surface area contributed by atoms with E-state index in [0.717, 1.165) is 11.8 Å². The van der Waals surface area contributed by atoms with Crippen LogP contribution in [-0.4, -0.2) is 25.1 Å². The van der Waals surface area contributed by atoms with Crippen LogP contribution < -0.4 is 5.73 Å². The van der Waals surface area contributed by atoms with Gasteiger partial charge in [0.25, 0.3) is 0 Å². The highest BCUT2D eigenvalue weighted by atomic mass is 32.3. The molecule has 0 aromatic rings. The van der Waals surface area contributed by atoms with Gasteiger partial charge in [0.15, 0.2) is 0 Å². The van der Waals surface area contributed by atoms with Crippen LogP contribution in [0.5, 0.6) is 0 Å². The fourth-order valence-electron chi connectivity index (χ4n) is 3.63. The number of quaternary nitrogens is 1. The fraction of sp³-hybridized carbons (Fsp3) is 1.00. The number of hydrogen-bond donors (Lipinski definition) is 1. The van der Waals surface area contributed by atoms with Crippen molar-refractivity contribution in [2.45, 2.75) is 118 Å². The Balaban J connectivity index is 0. The van der Waals surface area contributed by atoms with E-state index < -0.39 is 10.4 Å². The number of rotatable bonds is 15. The molecule has 0 aliphatic carbocycles. The van der Waals surface area contributed by atoms with E-state index in [1.54, 1.807) is 0 Å². The predicted octanol–water partition coefficient (Wildman–Crippen LogP) is 5.07. The molecule has 0 radical (unpaired) electrons. The van der Waals surface area contributed by atoms with Gasteiger partial charge in [-0.25, -0.2) is 8.42 Å². The molecule has 3 N–H and O–H groups in total. The van der Waals surface area contributed by atoms with Crippen LogP contribution in [0.3, 0.4) is 0 Å². The summed E-state index contributed by atoms with van der Waals surface area (Å²) in [6.07, 6.45) is 14.9. The molecule has 0 spiro atoms. The lowest BCUT2D eigenvalue weighted by molar-refractivity contribution is -0.487. The number of unbranched alkanes of at least 4 members (excludes halogenated alkanes) is 2. The van der Waals surface area contributed by atoms with Gasteiger partial charge in [-0.1, -0.05) is 86.0 Å². The monoisotopic (exact) mass is 409 g/mol. The Labute approximate surface area is 169 Å². The molecule has 166 valence electrons. The first-order valence-corrected chi connectivity index (χ1v) is 12.4. The van der Waals surface area contributed by atoms with Gasteiger partial charge in [0, 0.05) is 12.8 Å². The minimum Gasteiger partial charge on any atom is -0.726 e. The van der Waals surface area contributed by atoms with E-state index in [0.29, 0.717) is 5.54 Å². The average molecular weight is 410 g/mol. The third-order valence-corrected chi connectivity index (χ3v) is 6.07. The van der Waals surface area contributed by atoms with E-state index >= 15 is 0 Å². The molecule has 0 saturated heterocycles. The molecule has 0 aromatic carbocycles. The summed E-state index contributed by atoms with van der Waals surface area (Å²) < 4.78 is 32.0. The number of hydrogen-bond acceptors (Lipinski definition) is 4. The summed E-state index contributed by atoms with van der Waals surface area (Å²) in [6.45, 7) is 13.0. The van der Waals surface area contributed by atoms with Crippen LogP contribution in [0.1, 0.15) is 112 Å². The molecule has 6 heteroatoms. The van der Waals surface area contributed by atoms with E-state index in [4.69, 9.17) is 0 Å². The van der Waals surface area contributed by atoms with Crippen LogP contribution in [0, 0.1) is 11.8 Å². The largest absolute Gasteiger partial charge is 0.726 e. The van der Waals surface area contributed by atoms with Crippen molar-refractivity contribution < 1.29 is 22.9 Å². The van der Waals surface area contributed by atoms with Gasteiger partial charge in [0.1, 0.15) is 0 Å². The topological polar surface area (TPSA) is 94.1 Å². The molecule has 0 rings (SSSR count). The first-order chi connectivity index (χ1) is 12.6. The second kappa shape index (κ2) is 16.8. The van der Waals surface area contributed by atoms with Crippen LogP contribution in [0.2, 0.25) is 0 Å². The lowest BCUT2D eigenvalue weighted by atomic mass is 9.75. The molecule has 0 amide bonds. The van der Waals surface area contributed by atoms with Crippen LogP contribution in [-0.2, 0) is 14.6 Å². The fourth-order valence-corrected chi connectivity index (χ4v) is 3.92. The summed E-state index contributed by atoms with van der Waals surface area (Å²) >= 11 is 0. The van der Waals surface area contributed by atoms with Gasteiger partial charge in [-0.3, -0.25) is 4.18 Å². The minimum absolute atomic E-state index is 0.0914. The second-order valence-corrected chi connectivity index (χ2v) is 8.96. The zero-order valence-corrected chi connectivity index (χ0v) is 19.7. The molecule has 5 nitrogen and oxygen atoms in total. The van der Waals surface area contributed by atoms with Gasteiger partial charge in [-0.15, -0.1) is 0 Å². The van der Waals surface area contributed by atoms with Crippen LogP contribution in [0.25, 0.3) is 0 Å². The minimum atomic E-state index is -4.42. The van der Waals surface area contributed by atoms with Crippen molar-refractivity contribution >= 4 is 10.4 Å². The quantitative estimate of drug-likeness (QED) is 0.302. The highest BCUT2D eigenvalue weighted by Gasteiger charge is 2.32. The molecule has 2 atom stereocenters. The molecule has 2 unspecified atom stereocenters. The van der Waals surface area contributed by atoms with E-state index in [1.807, 2.05) is 0 Å². The molecule has 0 saturated carbocycles. The van der Waals surface area contributed by atoms with Gasteiger partial charge in [-0.2, -0.15) is 0 Å². The van der Waals surface area contributed by atoms with Gasteiger partial charge in [0.2, 0.25) is 10.4 Å². The highest BCUT2D eigenvalue weighted by Crippen LogP contribution is 2.31. The normalized spacial score (nSPS) is 16.1. The first-order valence-electron chi connectivity index (χ1n) is 11.1. The first kappa shape index (κ1) is 29.0. The molecule has 0 bridgehead atoms. The Kier molecular flexibility index (Phi) is 18.0. The van der Waals surface area contributed by atoms with Crippen molar-refractivity contribution in [3.8, 4) is 0 Å². The Morgan fingerprint density at radius 1 is 0.889 bits per heavy atom. The van der Waals surface area contributed by atoms with Crippen LogP contribution in [0.15, 0.2) is 0 Å². The van der Waals surface area contributed by atoms with E-state index in [9.17, 15) is 13.0 Å². The Morgan fingerprint density at radius 2 is 1.30 bits per heavy atom. The van der Waals surface area contributed by atoms with Crippen LogP contribution >= 0.6 is 0 Å². The third-order valence-electron chi connectivity index (χ3n) is 5.54. The maximum atomic E-state index is 9.45. The van der Waals surface area contributed by atoms with Crippen molar-refractivity contribution in [3.63, 3.8) is 0 Å². The SMILES string of the molecule is CCCCC(CC)CC([NH3+])(CC)CC(CC)CCCC.CCOS(=O)(=O)[O-]. The summed E-state index contributed by atoms with van der Waals surface area (Å²) in [4.78, 5) is 0. The van der Waals surface area contributed by atoms with Crippen molar-refractivity contribution in [1.29, 1.82) is 0 Å². The van der Waals surface area contributed by atoms with Gasteiger partial charge >= 0.3 is 0 Å². The van der Waals surface area contributed by atoms with Gasteiger partial charge in [-0.05, 0) is 25.2 Å². The van der Waals surface area contributed by atoms with Crippen molar-refractivity contribution in [1.82, 2.24) is 0 Å². The highest BCUT2D eigenvalue weighted by molar-refractivity contribution is 7.80. The summed E-state index contributed by atoms with van der Waals surface area (Å²) in [5.74, 6) is 1.80. The lowest BCUT2D eigenvalue weighted by Gasteiger charge is -2.32. The summed E-state index contributed by atoms with van der Waals surface area (Å²) in [5, 5.41) is 0. The Bertz CT molecular complexity index is 408. The Hall–Kier alpha value is -0.170.